The van der Waals surface area contributed by atoms with Gasteiger partial charge < -0.3 is 15.0 Å². The zero-order chi connectivity index (χ0) is 22.0. The van der Waals surface area contributed by atoms with E-state index in [1.807, 2.05) is 0 Å². The first-order valence-electron chi connectivity index (χ1n) is 9.19. The van der Waals surface area contributed by atoms with Crippen LogP contribution in [0.3, 0.4) is 0 Å². The molecule has 156 valence electrons. The van der Waals surface area contributed by atoms with E-state index < -0.39 is 29.4 Å². The minimum absolute atomic E-state index is 0.0262. The summed E-state index contributed by atoms with van der Waals surface area (Å²) >= 11 is 0.729. The highest BCUT2D eigenvalue weighted by Crippen LogP contribution is 2.32. The summed E-state index contributed by atoms with van der Waals surface area (Å²) in [5, 5.41) is 11.2. The van der Waals surface area contributed by atoms with Gasteiger partial charge in [0.15, 0.2) is 0 Å². The predicted octanol–water partition coefficient (Wildman–Crippen LogP) is 4.00. The van der Waals surface area contributed by atoms with E-state index in [1.165, 1.54) is 18.2 Å². The van der Waals surface area contributed by atoms with Gasteiger partial charge in [-0.05, 0) is 66.4 Å². The van der Waals surface area contributed by atoms with Gasteiger partial charge in [0.1, 0.15) is 18.1 Å². The molecule has 9 heteroatoms. The maximum atomic E-state index is 13.7. The van der Waals surface area contributed by atoms with Crippen LogP contribution in [0.1, 0.15) is 5.69 Å². The van der Waals surface area contributed by atoms with Crippen LogP contribution in [0.25, 0.3) is 11.8 Å². The first-order chi connectivity index (χ1) is 14.9. The molecule has 0 atom stereocenters. The van der Waals surface area contributed by atoms with Crippen molar-refractivity contribution < 1.29 is 23.9 Å². The topological polar surface area (TPSA) is 91.6 Å². The predicted molar refractivity (Wildman–Crippen MR) is 115 cm³/mol. The van der Waals surface area contributed by atoms with Crippen LogP contribution in [0, 0.1) is 5.82 Å². The number of nitrogens with one attached hydrogen (secondary N) is 1. The molecule has 0 aliphatic carbocycles. The average molecular weight is 437 g/mol. The molecule has 1 aliphatic rings. The highest BCUT2D eigenvalue weighted by molar-refractivity contribution is 8.18. The molecule has 0 radical (unpaired) electrons. The lowest BCUT2D eigenvalue weighted by atomic mass is 10.3. The van der Waals surface area contributed by atoms with Crippen LogP contribution in [-0.2, 0) is 9.59 Å². The van der Waals surface area contributed by atoms with Crippen molar-refractivity contribution in [2.75, 3.05) is 11.9 Å². The van der Waals surface area contributed by atoms with E-state index in [-0.39, 0.29) is 16.3 Å². The number of amides is 3. The number of aromatic nitrogens is 1. The molecular formula is C22H16FN3O4S. The fourth-order valence-corrected chi connectivity index (χ4v) is 3.85. The van der Waals surface area contributed by atoms with Crippen molar-refractivity contribution in [3.63, 3.8) is 0 Å². The Morgan fingerprint density at radius 1 is 1.06 bits per heavy atom. The third-order valence-corrected chi connectivity index (χ3v) is 5.42. The van der Waals surface area contributed by atoms with E-state index in [1.54, 1.807) is 59.3 Å². The second-order valence-corrected chi connectivity index (χ2v) is 7.61. The van der Waals surface area contributed by atoms with Gasteiger partial charge in [0.2, 0.25) is 5.91 Å². The minimum Gasteiger partial charge on any atom is -0.508 e. The number of phenolic OH excluding ortho intramolecular Hbond substituents is 1. The number of anilines is 1. The summed E-state index contributed by atoms with van der Waals surface area (Å²) in [7, 11) is 0. The fourth-order valence-electron chi connectivity index (χ4n) is 3.03. The second-order valence-electron chi connectivity index (χ2n) is 6.62. The van der Waals surface area contributed by atoms with Crippen molar-refractivity contribution in [1.29, 1.82) is 0 Å². The van der Waals surface area contributed by atoms with Crippen LogP contribution in [0.15, 0.2) is 71.8 Å². The normalized spacial score (nSPS) is 15.0. The highest BCUT2D eigenvalue weighted by atomic mass is 32.2. The summed E-state index contributed by atoms with van der Waals surface area (Å²) in [4.78, 5) is 38.2. The first kappa shape index (κ1) is 20.4. The Labute approximate surface area is 180 Å². The van der Waals surface area contributed by atoms with Crippen molar-refractivity contribution in [3.05, 3.63) is 83.3 Å². The number of halogens is 1. The van der Waals surface area contributed by atoms with Crippen LogP contribution in [0.4, 0.5) is 14.9 Å². The summed E-state index contributed by atoms with van der Waals surface area (Å²) in [6.45, 7) is -0.519. The number of carbonyl (C=O) groups excluding carboxylic acids is 3. The molecular weight excluding hydrogens is 421 g/mol. The van der Waals surface area contributed by atoms with Gasteiger partial charge in [0, 0.05) is 17.6 Å². The number of rotatable bonds is 5. The van der Waals surface area contributed by atoms with Crippen LogP contribution in [0.5, 0.6) is 5.75 Å². The third-order valence-electron chi connectivity index (χ3n) is 4.51. The van der Waals surface area contributed by atoms with Crippen LogP contribution in [0.2, 0.25) is 0 Å². The number of nitrogens with zero attached hydrogens (tertiary/aromatic N) is 2. The van der Waals surface area contributed by atoms with Gasteiger partial charge in [0.25, 0.3) is 11.1 Å². The number of hydrogen-bond acceptors (Lipinski definition) is 5. The van der Waals surface area contributed by atoms with Crippen molar-refractivity contribution in [3.8, 4) is 11.4 Å². The van der Waals surface area contributed by atoms with Crippen molar-refractivity contribution in [2.24, 2.45) is 0 Å². The Hall–Kier alpha value is -3.85. The lowest BCUT2D eigenvalue weighted by Gasteiger charge is -2.12. The number of hydrogen-bond donors (Lipinski definition) is 2. The molecule has 2 N–H and O–H groups in total. The molecule has 1 saturated heterocycles. The van der Waals surface area contributed by atoms with E-state index in [0.29, 0.717) is 5.69 Å². The molecule has 1 aliphatic heterocycles. The molecule has 3 aromatic rings. The van der Waals surface area contributed by atoms with Crippen LogP contribution in [-0.4, -0.2) is 38.2 Å². The Balaban J connectivity index is 1.51. The monoisotopic (exact) mass is 437 g/mol. The van der Waals surface area contributed by atoms with E-state index in [9.17, 15) is 23.9 Å². The van der Waals surface area contributed by atoms with Crippen LogP contribution >= 0.6 is 11.8 Å². The molecule has 4 rings (SSSR count). The largest absolute Gasteiger partial charge is 0.508 e. The smallest absolute Gasteiger partial charge is 0.294 e. The zero-order valence-corrected chi connectivity index (χ0v) is 16.8. The number of aromatic hydroxyl groups is 1. The molecule has 2 heterocycles. The summed E-state index contributed by atoms with van der Waals surface area (Å²) in [6, 6.07) is 15.7. The van der Waals surface area contributed by atoms with Crippen molar-refractivity contribution in [1.82, 2.24) is 9.47 Å². The number of thioether (sulfide) groups is 1. The number of imide groups is 1. The molecule has 2 aromatic carbocycles. The summed E-state index contributed by atoms with van der Waals surface area (Å²) < 4.78 is 15.5. The third kappa shape index (κ3) is 4.36. The molecule has 1 aromatic heterocycles. The molecule has 0 bridgehead atoms. The Morgan fingerprint density at radius 2 is 1.81 bits per heavy atom. The summed E-state index contributed by atoms with van der Waals surface area (Å²) in [5.41, 5.74) is 1.38. The number of benzene rings is 2. The zero-order valence-electron chi connectivity index (χ0n) is 16.0. The SMILES string of the molecule is O=C(CN1C(=O)SC(=Cc2cccn2-c2ccc(O)cc2)C1=O)Nc1ccccc1F. The van der Waals surface area contributed by atoms with E-state index in [4.69, 9.17) is 0 Å². The second kappa shape index (κ2) is 8.49. The van der Waals surface area contributed by atoms with Gasteiger partial charge in [-0.1, -0.05) is 12.1 Å². The highest BCUT2D eigenvalue weighted by Gasteiger charge is 2.36. The molecule has 3 amide bonds. The standard InChI is InChI=1S/C22H16FN3O4S/c23-17-5-1-2-6-18(17)24-20(28)13-26-21(29)19(31-22(26)30)12-15-4-3-11-25(15)14-7-9-16(27)10-8-14/h1-12,27H,13H2,(H,24,28). The average Bonchev–Trinajstić information content (AvgIpc) is 3.30. The minimum atomic E-state index is -0.680. The Kier molecular flexibility index (Phi) is 5.59. The van der Waals surface area contributed by atoms with Gasteiger partial charge in [-0.15, -0.1) is 0 Å². The Bertz CT molecular complexity index is 1200. The van der Waals surface area contributed by atoms with E-state index >= 15 is 0 Å². The Morgan fingerprint density at radius 3 is 2.55 bits per heavy atom. The molecule has 1 fully saturated rings. The number of phenols is 1. The van der Waals surface area contributed by atoms with Gasteiger partial charge in [-0.2, -0.15) is 0 Å². The molecule has 0 saturated carbocycles. The maximum Gasteiger partial charge on any atom is 0.294 e. The number of para-hydroxylation sites is 1. The van der Waals surface area contributed by atoms with Crippen molar-refractivity contribution in [2.45, 2.75) is 0 Å². The summed E-state index contributed by atoms with van der Waals surface area (Å²) in [6.07, 6.45) is 3.34. The van der Waals surface area contributed by atoms with Gasteiger partial charge in [-0.25, -0.2) is 4.39 Å². The maximum absolute atomic E-state index is 13.7. The van der Waals surface area contributed by atoms with E-state index in [0.717, 1.165) is 22.3 Å². The van der Waals surface area contributed by atoms with Crippen molar-refractivity contribution >= 4 is 40.6 Å². The lowest BCUT2D eigenvalue weighted by Crippen LogP contribution is -2.36. The van der Waals surface area contributed by atoms with Gasteiger partial charge >= 0.3 is 0 Å². The van der Waals surface area contributed by atoms with Crippen LogP contribution < -0.4 is 5.32 Å². The number of carbonyl (C=O) groups is 3. The molecule has 0 spiro atoms. The first-order valence-corrected chi connectivity index (χ1v) is 10.0. The molecule has 7 nitrogen and oxygen atoms in total. The summed E-state index contributed by atoms with van der Waals surface area (Å²) in [5.74, 6) is -1.76. The fraction of sp³-hybridized carbons (Fsp3) is 0.0455. The van der Waals surface area contributed by atoms with Gasteiger partial charge in [-0.3, -0.25) is 19.3 Å². The van der Waals surface area contributed by atoms with Gasteiger partial charge in [0.05, 0.1) is 10.6 Å². The quantitative estimate of drug-likeness (QED) is 0.589. The van der Waals surface area contributed by atoms with E-state index in [2.05, 4.69) is 5.32 Å². The molecule has 31 heavy (non-hydrogen) atoms. The molecule has 0 unspecified atom stereocenters. The lowest BCUT2D eigenvalue weighted by molar-refractivity contribution is -0.127.